The van der Waals surface area contributed by atoms with E-state index >= 15 is 0 Å². The van der Waals surface area contributed by atoms with Gasteiger partial charge in [0.25, 0.3) is 0 Å². The third-order valence-corrected chi connectivity index (χ3v) is 1.72. The standard InChI is InChI=1S/C8H13N3O2/c1-4(9)8-5(2)10-6(11-8)3-7(12)13/h4H,3,9H2,1-2H3,(H,10,11)(H,12,13). The van der Waals surface area contributed by atoms with E-state index in [1.54, 1.807) is 0 Å². The number of nitrogens with zero attached hydrogens (tertiary/aromatic N) is 1. The van der Waals surface area contributed by atoms with Crippen LogP contribution >= 0.6 is 0 Å². The highest BCUT2D eigenvalue weighted by Crippen LogP contribution is 2.12. The Morgan fingerprint density at radius 2 is 2.38 bits per heavy atom. The first-order chi connectivity index (χ1) is 6.00. The lowest BCUT2D eigenvalue weighted by atomic mass is 10.2. The van der Waals surface area contributed by atoms with Gasteiger partial charge in [-0.3, -0.25) is 4.79 Å². The van der Waals surface area contributed by atoms with Crippen molar-refractivity contribution in [2.24, 2.45) is 5.73 Å². The van der Waals surface area contributed by atoms with Gasteiger partial charge in [-0.25, -0.2) is 4.98 Å². The van der Waals surface area contributed by atoms with Crippen LogP contribution < -0.4 is 5.73 Å². The van der Waals surface area contributed by atoms with E-state index < -0.39 is 5.97 Å². The van der Waals surface area contributed by atoms with Crippen LogP contribution in [0.2, 0.25) is 0 Å². The zero-order valence-electron chi connectivity index (χ0n) is 7.66. The van der Waals surface area contributed by atoms with E-state index in [9.17, 15) is 4.79 Å². The van der Waals surface area contributed by atoms with Gasteiger partial charge in [0, 0.05) is 11.7 Å². The van der Waals surface area contributed by atoms with Gasteiger partial charge in [-0.1, -0.05) is 0 Å². The summed E-state index contributed by atoms with van der Waals surface area (Å²) in [5, 5.41) is 8.51. The van der Waals surface area contributed by atoms with E-state index in [2.05, 4.69) is 9.97 Å². The highest BCUT2D eigenvalue weighted by Gasteiger charge is 2.11. The van der Waals surface area contributed by atoms with Crippen molar-refractivity contribution in [3.63, 3.8) is 0 Å². The van der Waals surface area contributed by atoms with E-state index in [1.165, 1.54) is 0 Å². The fraction of sp³-hybridized carbons (Fsp3) is 0.500. The maximum atomic E-state index is 10.4. The van der Waals surface area contributed by atoms with Gasteiger partial charge >= 0.3 is 5.97 Å². The van der Waals surface area contributed by atoms with Crippen LogP contribution in [0.15, 0.2) is 0 Å². The number of carboxylic acids is 1. The second-order valence-corrected chi connectivity index (χ2v) is 3.05. The van der Waals surface area contributed by atoms with E-state index in [0.29, 0.717) is 5.82 Å². The summed E-state index contributed by atoms with van der Waals surface area (Å²) in [6, 6.07) is -0.168. The first kappa shape index (κ1) is 9.73. The number of aliphatic carboxylic acids is 1. The normalized spacial score (nSPS) is 12.8. The first-order valence-corrected chi connectivity index (χ1v) is 4.03. The Morgan fingerprint density at radius 1 is 1.77 bits per heavy atom. The molecule has 0 aliphatic rings. The molecule has 0 saturated heterocycles. The molecular weight excluding hydrogens is 170 g/mol. The minimum absolute atomic E-state index is 0.0897. The summed E-state index contributed by atoms with van der Waals surface area (Å²) in [5.41, 5.74) is 7.20. The summed E-state index contributed by atoms with van der Waals surface area (Å²) in [6.45, 7) is 3.64. The largest absolute Gasteiger partial charge is 0.481 e. The third-order valence-electron chi connectivity index (χ3n) is 1.72. The number of aryl methyl sites for hydroxylation is 1. The van der Waals surface area contributed by atoms with Gasteiger partial charge < -0.3 is 15.8 Å². The molecule has 4 N–H and O–H groups in total. The van der Waals surface area contributed by atoms with E-state index in [-0.39, 0.29) is 12.5 Å². The summed E-state index contributed by atoms with van der Waals surface area (Å²) < 4.78 is 0. The molecule has 1 rings (SSSR count). The van der Waals surface area contributed by atoms with Crippen molar-refractivity contribution < 1.29 is 9.90 Å². The number of aromatic nitrogens is 2. The number of hydrogen-bond acceptors (Lipinski definition) is 3. The molecule has 0 radical (unpaired) electrons. The molecule has 0 aromatic carbocycles. The summed E-state index contributed by atoms with van der Waals surface area (Å²) in [4.78, 5) is 17.3. The Kier molecular flexibility index (Phi) is 2.67. The third kappa shape index (κ3) is 2.29. The molecular formula is C8H13N3O2. The number of H-pyrrole nitrogens is 1. The molecule has 0 fully saturated rings. The molecule has 0 bridgehead atoms. The highest BCUT2D eigenvalue weighted by atomic mass is 16.4. The number of imidazole rings is 1. The lowest BCUT2D eigenvalue weighted by molar-refractivity contribution is -0.136. The molecule has 72 valence electrons. The molecule has 13 heavy (non-hydrogen) atoms. The molecule has 5 heteroatoms. The first-order valence-electron chi connectivity index (χ1n) is 4.03. The topological polar surface area (TPSA) is 92.0 Å². The van der Waals surface area contributed by atoms with Crippen molar-refractivity contribution in [3.05, 3.63) is 17.2 Å². The molecule has 0 aliphatic heterocycles. The SMILES string of the molecule is Cc1[nH]c(CC(=O)O)nc1C(C)N. The van der Waals surface area contributed by atoms with Crippen molar-refractivity contribution in [2.75, 3.05) is 0 Å². The van der Waals surface area contributed by atoms with Crippen LogP contribution in [-0.2, 0) is 11.2 Å². The van der Waals surface area contributed by atoms with Crippen molar-refractivity contribution >= 4 is 5.97 Å². The summed E-state index contributed by atoms with van der Waals surface area (Å²) in [5.74, 6) is -0.442. The number of aromatic amines is 1. The smallest absolute Gasteiger partial charge is 0.311 e. The molecule has 1 unspecified atom stereocenters. The second-order valence-electron chi connectivity index (χ2n) is 3.05. The van der Waals surface area contributed by atoms with Crippen LogP contribution in [0.4, 0.5) is 0 Å². The lowest BCUT2D eigenvalue weighted by Crippen LogP contribution is -2.07. The van der Waals surface area contributed by atoms with Gasteiger partial charge in [-0.15, -0.1) is 0 Å². The van der Waals surface area contributed by atoms with Gasteiger partial charge in [-0.2, -0.15) is 0 Å². The highest BCUT2D eigenvalue weighted by molar-refractivity contribution is 5.69. The van der Waals surface area contributed by atoms with Crippen molar-refractivity contribution in [1.29, 1.82) is 0 Å². The fourth-order valence-corrected chi connectivity index (χ4v) is 1.21. The fourth-order valence-electron chi connectivity index (χ4n) is 1.21. The number of carboxylic acid groups (broad SMARTS) is 1. The summed E-state index contributed by atoms with van der Waals surface area (Å²) in [7, 11) is 0. The number of nitrogens with one attached hydrogen (secondary N) is 1. The van der Waals surface area contributed by atoms with Gasteiger partial charge in [0.05, 0.1) is 5.69 Å². The quantitative estimate of drug-likeness (QED) is 0.631. The van der Waals surface area contributed by atoms with Gasteiger partial charge in [-0.05, 0) is 13.8 Å². The van der Waals surface area contributed by atoms with Gasteiger partial charge in [0.15, 0.2) is 0 Å². The molecule has 5 nitrogen and oxygen atoms in total. The van der Waals surface area contributed by atoms with Crippen LogP contribution in [-0.4, -0.2) is 21.0 Å². The van der Waals surface area contributed by atoms with Gasteiger partial charge in [0.1, 0.15) is 12.2 Å². The van der Waals surface area contributed by atoms with Crippen molar-refractivity contribution in [1.82, 2.24) is 9.97 Å². The van der Waals surface area contributed by atoms with Gasteiger partial charge in [0.2, 0.25) is 0 Å². The monoisotopic (exact) mass is 183 g/mol. The Labute approximate surface area is 76.0 Å². The van der Waals surface area contributed by atoms with E-state index in [1.807, 2.05) is 13.8 Å². The Balaban J connectivity index is 2.88. The van der Waals surface area contributed by atoms with Crippen molar-refractivity contribution in [2.45, 2.75) is 26.3 Å². The number of hydrogen-bond donors (Lipinski definition) is 3. The zero-order chi connectivity index (χ0) is 10.0. The minimum atomic E-state index is -0.898. The molecule has 1 aromatic heterocycles. The van der Waals surface area contributed by atoms with E-state index in [0.717, 1.165) is 11.4 Å². The minimum Gasteiger partial charge on any atom is -0.481 e. The molecule has 0 amide bonds. The van der Waals surface area contributed by atoms with Crippen LogP contribution in [0.1, 0.15) is 30.2 Å². The average Bonchev–Trinajstić information content (AvgIpc) is 2.29. The maximum Gasteiger partial charge on any atom is 0.311 e. The average molecular weight is 183 g/mol. The molecule has 0 saturated carbocycles. The molecule has 1 heterocycles. The number of carbonyl (C=O) groups is 1. The predicted octanol–water partition coefficient (Wildman–Crippen LogP) is 0.365. The predicted molar refractivity (Wildman–Crippen MR) is 47.3 cm³/mol. The zero-order valence-corrected chi connectivity index (χ0v) is 7.66. The molecule has 0 aliphatic carbocycles. The Hall–Kier alpha value is -1.36. The summed E-state index contributed by atoms with van der Waals surface area (Å²) in [6.07, 6.45) is -0.0897. The van der Waals surface area contributed by atoms with E-state index in [4.69, 9.17) is 10.8 Å². The molecule has 0 spiro atoms. The Bertz CT molecular complexity index is 317. The molecule has 1 aromatic rings. The Morgan fingerprint density at radius 3 is 2.77 bits per heavy atom. The van der Waals surface area contributed by atoms with Crippen LogP contribution in [0.3, 0.4) is 0 Å². The second kappa shape index (κ2) is 3.57. The van der Waals surface area contributed by atoms with Crippen LogP contribution in [0, 0.1) is 6.92 Å². The lowest BCUT2D eigenvalue weighted by Gasteiger charge is -1.99. The number of nitrogens with two attached hydrogens (primary N) is 1. The van der Waals surface area contributed by atoms with Crippen molar-refractivity contribution in [3.8, 4) is 0 Å². The van der Waals surface area contributed by atoms with Crippen LogP contribution in [0.5, 0.6) is 0 Å². The van der Waals surface area contributed by atoms with Crippen LogP contribution in [0.25, 0.3) is 0 Å². The maximum absolute atomic E-state index is 10.4. The number of rotatable bonds is 3. The summed E-state index contributed by atoms with van der Waals surface area (Å²) >= 11 is 0. The molecule has 1 atom stereocenters.